The van der Waals surface area contributed by atoms with Crippen molar-refractivity contribution in [2.75, 3.05) is 31.2 Å². The summed E-state index contributed by atoms with van der Waals surface area (Å²) in [6, 6.07) is 7.06. The molecule has 96 valence electrons. The van der Waals surface area contributed by atoms with Gasteiger partial charge in [0, 0.05) is 13.1 Å². The molecule has 0 heterocycles. The SMILES string of the molecule is CCCS(=O)(=O)c1ccccc1NCCNC. The maximum Gasteiger partial charge on any atom is 0.180 e. The molecular weight excluding hydrogens is 236 g/mol. The largest absolute Gasteiger partial charge is 0.383 e. The first kappa shape index (κ1) is 14.0. The first-order valence-electron chi connectivity index (χ1n) is 5.82. The van der Waals surface area contributed by atoms with Crippen LogP contribution in [0.3, 0.4) is 0 Å². The minimum Gasteiger partial charge on any atom is -0.383 e. The smallest absolute Gasteiger partial charge is 0.180 e. The molecule has 0 atom stereocenters. The second-order valence-corrected chi connectivity index (χ2v) is 5.92. The van der Waals surface area contributed by atoms with E-state index in [1.165, 1.54) is 0 Å². The predicted octanol–water partition coefficient (Wildman–Crippen LogP) is 1.50. The molecule has 0 aliphatic heterocycles. The number of sulfone groups is 1. The maximum absolute atomic E-state index is 12.0. The quantitative estimate of drug-likeness (QED) is 0.726. The Bertz CT molecular complexity index is 444. The van der Waals surface area contributed by atoms with Crippen LogP contribution in [-0.2, 0) is 9.84 Å². The molecule has 0 saturated heterocycles. The van der Waals surface area contributed by atoms with Crippen molar-refractivity contribution in [3.05, 3.63) is 24.3 Å². The summed E-state index contributed by atoms with van der Waals surface area (Å²) < 4.78 is 24.1. The van der Waals surface area contributed by atoms with Crippen molar-refractivity contribution in [2.45, 2.75) is 18.2 Å². The zero-order valence-corrected chi connectivity index (χ0v) is 11.2. The van der Waals surface area contributed by atoms with E-state index in [1.54, 1.807) is 18.2 Å². The summed E-state index contributed by atoms with van der Waals surface area (Å²) in [5.41, 5.74) is 0.691. The lowest BCUT2D eigenvalue weighted by Gasteiger charge is -2.11. The standard InChI is InChI=1S/C12H20N2O2S/c1-3-10-17(15,16)12-7-5-4-6-11(12)14-9-8-13-2/h4-7,13-14H,3,8-10H2,1-2H3. The number of benzene rings is 1. The van der Waals surface area contributed by atoms with E-state index in [9.17, 15) is 8.42 Å². The fraction of sp³-hybridized carbons (Fsp3) is 0.500. The molecule has 0 unspecified atom stereocenters. The summed E-state index contributed by atoms with van der Waals surface area (Å²) in [5, 5.41) is 6.15. The molecule has 1 rings (SSSR count). The summed E-state index contributed by atoms with van der Waals surface area (Å²) >= 11 is 0. The van der Waals surface area contributed by atoms with Gasteiger partial charge in [0.15, 0.2) is 9.84 Å². The van der Waals surface area contributed by atoms with E-state index in [0.717, 1.165) is 6.54 Å². The molecule has 0 aliphatic carbocycles. The van der Waals surface area contributed by atoms with E-state index in [-0.39, 0.29) is 5.75 Å². The molecule has 0 aliphatic rings. The highest BCUT2D eigenvalue weighted by molar-refractivity contribution is 7.91. The third-order valence-electron chi connectivity index (χ3n) is 2.39. The number of likely N-dealkylation sites (N-methyl/N-ethyl adjacent to an activating group) is 1. The molecule has 0 aromatic heterocycles. The second kappa shape index (κ2) is 6.61. The first-order chi connectivity index (χ1) is 8.11. The molecular formula is C12H20N2O2S. The molecule has 0 radical (unpaired) electrons. The molecule has 1 aromatic carbocycles. The zero-order valence-electron chi connectivity index (χ0n) is 10.4. The third kappa shape index (κ3) is 4.02. The van der Waals surface area contributed by atoms with Crippen LogP contribution in [0.1, 0.15) is 13.3 Å². The minimum atomic E-state index is -3.16. The highest BCUT2D eigenvalue weighted by Gasteiger charge is 2.16. The van der Waals surface area contributed by atoms with Gasteiger partial charge in [0.05, 0.1) is 16.3 Å². The van der Waals surface area contributed by atoms with Crippen LogP contribution >= 0.6 is 0 Å². The van der Waals surface area contributed by atoms with E-state index in [4.69, 9.17) is 0 Å². The molecule has 2 N–H and O–H groups in total. The number of hydrogen-bond donors (Lipinski definition) is 2. The molecule has 17 heavy (non-hydrogen) atoms. The Balaban J connectivity index is 2.91. The second-order valence-electron chi connectivity index (χ2n) is 3.85. The monoisotopic (exact) mass is 256 g/mol. The lowest BCUT2D eigenvalue weighted by atomic mass is 10.3. The summed E-state index contributed by atoms with van der Waals surface area (Å²) in [6.45, 7) is 3.37. The fourth-order valence-corrected chi connectivity index (χ4v) is 3.10. The van der Waals surface area contributed by atoms with Gasteiger partial charge in [0.25, 0.3) is 0 Å². The van der Waals surface area contributed by atoms with Crippen molar-refractivity contribution in [1.82, 2.24) is 5.32 Å². The van der Waals surface area contributed by atoms with E-state index < -0.39 is 9.84 Å². The molecule has 0 spiro atoms. The Labute approximate surface area is 103 Å². The third-order valence-corrected chi connectivity index (χ3v) is 4.36. The molecule has 0 amide bonds. The maximum atomic E-state index is 12.0. The van der Waals surface area contributed by atoms with E-state index >= 15 is 0 Å². The number of anilines is 1. The van der Waals surface area contributed by atoms with Crippen molar-refractivity contribution in [3.8, 4) is 0 Å². The van der Waals surface area contributed by atoms with Crippen molar-refractivity contribution < 1.29 is 8.42 Å². The van der Waals surface area contributed by atoms with Gasteiger partial charge < -0.3 is 10.6 Å². The topological polar surface area (TPSA) is 58.2 Å². The van der Waals surface area contributed by atoms with Gasteiger partial charge in [-0.25, -0.2) is 8.42 Å². The van der Waals surface area contributed by atoms with Crippen molar-refractivity contribution in [1.29, 1.82) is 0 Å². The van der Waals surface area contributed by atoms with Crippen LogP contribution in [0.4, 0.5) is 5.69 Å². The summed E-state index contributed by atoms with van der Waals surface area (Å²) in [6.07, 6.45) is 0.632. The number of hydrogen-bond acceptors (Lipinski definition) is 4. The zero-order chi connectivity index (χ0) is 12.7. The Morgan fingerprint density at radius 3 is 2.53 bits per heavy atom. The van der Waals surface area contributed by atoms with Gasteiger partial charge in [-0.3, -0.25) is 0 Å². The van der Waals surface area contributed by atoms with E-state index in [1.807, 2.05) is 20.0 Å². The highest BCUT2D eigenvalue weighted by atomic mass is 32.2. The van der Waals surface area contributed by atoms with Crippen molar-refractivity contribution >= 4 is 15.5 Å². The van der Waals surface area contributed by atoms with Crippen LogP contribution in [0.15, 0.2) is 29.2 Å². The van der Waals surface area contributed by atoms with Gasteiger partial charge in [0.2, 0.25) is 0 Å². The average molecular weight is 256 g/mol. The van der Waals surface area contributed by atoms with E-state index in [2.05, 4.69) is 10.6 Å². The summed E-state index contributed by atoms with van der Waals surface area (Å²) in [5.74, 6) is 0.192. The molecule has 4 nitrogen and oxygen atoms in total. The van der Waals surface area contributed by atoms with Crippen LogP contribution in [0.2, 0.25) is 0 Å². The van der Waals surface area contributed by atoms with Gasteiger partial charge in [0.1, 0.15) is 0 Å². The lowest BCUT2D eigenvalue weighted by molar-refractivity contribution is 0.595. The normalized spacial score (nSPS) is 11.4. The highest BCUT2D eigenvalue weighted by Crippen LogP contribution is 2.22. The van der Waals surface area contributed by atoms with Gasteiger partial charge in [-0.2, -0.15) is 0 Å². The minimum absolute atomic E-state index is 0.192. The fourth-order valence-electron chi connectivity index (χ4n) is 1.58. The molecule has 5 heteroatoms. The average Bonchev–Trinajstić information content (AvgIpc) is 2.30. The van der Waals surface area contributed by atoms with Crippen LogP contribution in [0, 0.1) is 0 Å². The first-order valence-corrected chi connectivity index (χ1v) is 7.47. The number of nitrogens with one attached hydrogen (secondary N) is 2. The molecule has 0 saturated carbocycles. The summed E-state index contributed by atoms with van der Waals surface area (Å²) in [4.78, 5) is 0.401. The van der Waals surface area contributed by atoms with Gasteiger partial charge in [-0.1, -0.05) is 19.1 Å². The number of para-hydroxylation sites is 1. The van der Waals surface area contributed by atoms with Crippen LogP contribution in [-0.4, -0.2) is 34.3 Å². The molecule has 0 fully saturated rings. The molecule has 1 aromatic rings. The van der Waals surface area contributed by atoms with Gasteiger partial charge >= 0.3 is 0 Å². The summed E-state index contributed by atoms with van der Waals surface area (Å²) in [7, 11) is -1.30. The van der Waals surface area contributed by atoms with Crippen LogP contribution in [0.25, 0.3) is 0 Å². The van der Waals surface area contributed by atoms with Crippen molar-refractivity contribution in [3.63, 3.8) is 0 Å². The Morgan fingerprint density at radius 1 is 1.18 bits per heavy atom. The Morgan fingerprint density at radius 2 is 1.88 bits per heavy atom. The predicted molar refractivity (Wildman–Crippen MR) is 71.2 cm³/mol. The van der Waals surface area contributed by atoms with Crippen molar-refractivity contribution in [2.24, 2.45) is 0 Å². The number of rotatable bonds is 7. The van der Waals surface area contributed by atoms with Gasteiger partial charge in [-0.05, 0) is 25.6 Å². The van der Waals surface area contributed by atoms with Crippen LogP contribution < -0.4 is 10.6 Å². The van der Waals surface area contributed by atoms with Crippen LogP contribution in [0.5, 0.6) is 0 Å². The lowest BCUT2D eigenvalue weighted by Crippen LogP contribution is -2.19. The van der Waals surface area contributed by atoms with E-state index in [0.29, 0.717) is 23.5 Å². The van der Waals surface area contributed by atoms with Gasteiger partial charge in [-0.15, -0.1) is 0 Å². The Hall–Kier alpha value is -1.07. The Kier molecular flexibility index (Phi) is 5.44. The molecule has 0 bridgehead atoms.